The number of nitrogens with zero attached hydrogens (tertiary/aromatic N) is 2. The molecule has 0 aromatic heterocycles. The largest absolute Gasteiger partial charge is 0.377 e. The fourth-order valence-corrected chi connectivity index (χ4v) is 4.10. The van der Waals surface area contributed by atoms with E-state index in [1.54, 1.807) is 11.9 Å². The topological polar surface area (TPSA) is 66.9 Å². The van der Waals surface area contributed by atoms with E-state index in [4.69, 9.17) is 4.74 Å². The lowest BCUT2D eigenvalue weighted by molar-refractivity contribution is -0.127. The van der Waals surface area contributed by atoms with Crippen molar-refractivity contribution in [1.82, 2.24) is 9.21 Å². The van der Waals surface area contributed by atoms with Crippen LogP contribution >= 0.6 is 0 Å². The Morgan fingerprint density at radius 1 is 1.45 bits per heavy atom. The van der Waals surface area contributed by atoms with Crippen molar-refractivity contribution in [2.45, 2.75) is 32.3 Å². The van der Waals surface area contributed by atoms with E-state index in [1.165, 1.54) is 4.31 Å². The van der Waals surface area contributed by atoms with Crippen molar-refractivity contribution in [2.24, 2.45) is 5.92 Å². The van der Waals surface area contributed by atoms with Crippen LogP contribution in [0.2, 0.25) is 0 Å². The maximum atomic E-state index is 12.3. The lowest BCUT2D eigenvalue weighted by Gasteiger charge is -2.23. The van der Waals surface area contributed by atoms with Crippen molar-refractivity contribution in [2.75, 3.05) is 39.0 Å². The minimum absolute atomic E-state index is 0.0403. The first-order valence-corrected chi connectivity index (χ1v) is 8.84. The summed E-state index contributed by atoms with van der Waals surface area (Å²) in [5, 5.41) is 0. The van der Waals surface area contributed by atoms with E-state index in [1.807, 2.05) is 6.92 Å². The fourth-order valence-electron chi connectivity index (χ4n) is 2.64. The van der Waals surface area contributed by atoms with Gasteiger partial charge in [0.2, 0.25) is 15.9 Å². The molecule has 0 aromatic rings. The smallest absolute Gasteiger partial charge is 0.222 e. The second-order valence-electron chi connectivity index (χ2n) is 5.76. The second kappa shape index (κ2) is 6.41. The zero-order valence-corrected chi connectivity index (χ0v) is 13.1. The summed E-state index contributed by atoms with van der Waals surface area (Å²) in [6.45, 7) is 4.25. The number of rotatable bonds is 6. The molecule has 2 atom stereocenters. The molecule has 116 valence electrons. The van der Waals surface area contributed by atoms with Gasteiger partial charge in [-0.05, 0) is 18.8 Å². The quantitative estimate of drug-likeness (QED) is 0.708. The Kier molecular flexibility index (Phi) is 5.04. The lowest BCUT2D eigenvalue weighted by Crippen LogP contribution is -2.40. The van der Waals surface area contributed by atoms with Gasteiger partial charge in [0.15, 0.2) is 0 Å². The maximum Gasteiger partial charge on any atom is 0.222 e. The van der Waals surface area contributed by atoms with Crippen molar-refractivity contribution in [1.29, 1.82) is 0 Å². The van der Waals surface area contributed by atoms with Crippen molar-refractivity contribution < 1.29 is 17.9 Å². The van der Waals surface area contributed by atoms with Crippen LogP contribution in [0.4, 0.5) is 0 Å². The molecule has 7 heteroatoms. The van der Waals surface area contributed by atoms with Crippen LogP contribution in [0.25, 0.3) is 0 Å². The molecule has 0 radical (unpaired) electrons. The molecular weight excluding hydrogens is 280 g/mol. The number of hydrogen-bond donors (Lipinski definition) is 0. The summed E-state index contributed by atoms with van der Waals surface area (Å²) < 4.78 is 31.4. The molecule has 2 saturated heterocycles. The Bertz CT molecular complexity index is 451. The van der Waals surface area contributed by atoms with Crippen molar-refractivity contribution >= 4 is 15.9 Å². The molecular formula is C13H24N2O4S. The van der Waals surface area contributed by atoms with Crippen LogP contribution in [0.5, 0.6) is 0 Å². The fraction of sp³-hybridized carbons (Fsp3) is 0.923. The number of hydrogen-bond acceptors (Lipinski definition) is 4. The molecule has 0 N–H and O–H groups in total. The van der Waals surface area contributed by atoms with Gasteiger partial charge in [-0.25, -0.2) is 12.7 Å². The standard InChI is InChI=1S/C13H24N2O4S/c1-11-5-9-19-12(11)10-20(17,18)14(2)7-8-15-6-3-4-13(15)16/h11-12H,3-10H2,1-2H3/t11-,12-/m1/s1. The summed E-state index contributed by atoms with van der Waals surface area (Å²) >= 11 is 0. The minimum atomic E-state index is -3.32. The first-order valence-electron chi connectivity index (χ1n) is 7.23. The third-order valence-corrected chi connectivity index (χ3v) is 6.13. The second-order valence-corrected chi connectivity index (χ2v) is 7.88. The number of likely N-dealkylation sites (tertiary alicyclic amines) is 1. The average molecular weight is 304 g/mol. The Labute approximate surface area is 121 Å². The molecule has 2 aliphatic heterocycles. The molecule has 2 aliphatic rings. The van der Waals surface area contributed by atoms with Gasteiger partial charge in [0.25, 0.3) is 0 Å². The van der Waals surface area contributed by atoms with Gasteiger partial charge in [0, 0.05) is 39.7 Å². The summed E-state index contributed by atoms with van der Waals surface area (Å²) in [6, 6.07) is 0. The minimum Gasteiger partial charge on any atom is -0.377 e. The van der Waals surface area contributed by atoms with Crippen LogP contribution < -0.4 is 0 Å². The van der Waals surface area contributed by atoms with E-state index in [0.29, 0.717) is 32.0 Å². The molecule has 20 heavy (non-hydrogen) atoms. The average Bonchev–Trinajstić information content (AvgIpc) is 2.96. The molecule has 0 spiro atoms. The Balaban J connectivity index is 1.83. The lowest BCUT2D eigenvalue weighted by atomic mass is 10.1. The first-order chi connectivity index (χ1) is 9.40. The van der Waals surface area contributed by atoms with Gasteiger partial charge < -0.3 is 9.64 Å². The third-order valence-electron chi connectivity index (χ3n) is 4.25. The molecule has 2 heterocycles. The van der Waals surface area contributed by atoms with E-state index in [0.717, 1.165) is 19.4 Å². The number of sulfonamides is 1. The van der Waals surface area contributed by atoms with Gasteiger partial charge in [0.1, 0.15) is 0 Å². The van der Waals surface area contributed by atoms with Gasteiger partial charge in [-0.1, -0.05) is 6.92 Å². The predicted molar refractivity (Wildman–Crippen MR) is 75.8 cm³/mol. The van der Waals surface area contributed by atoms with E-state index in [9.17, 15) is 13.2 Å². The number of likely N-dealkylation sites (N-methyl/N-ethyl adjacent to an activating group) is 1. The van der Waals surface area contributed by atoms with Crippen molar-refractivity contribution in [3.63, 3.8) is 0 Å². The molecule has 0 aromatic carbocycles. The van der Waals surface area contributed by atoms with Gasteiger partial charge in [0.05, 0.1) is 11.9 Å². The monoisotopic (exact) mass is 304 g/mol. The van der Waals surface area contributed by atoms with Gasteiger partial charge in [-0.15, -0.1) is 0 Å². The summed E-state index contributed by atoms with van der Waals surface area (Å²) in [5.74, 6) is 0.459. The number of carbonyl (C=O) groups is 1. The third kappa shape index (κ3) is 3.71. The number of ether oxygens (including phenoxy) is 1. The molecule has 1 amide bonds. The van der Waals surface area contributed by atoms with Crippen LogP contribution in [0.1, 0.15) is 26.2 Å². The number of amides is 1. The van der Waals surface area contributed by atoms with Gasteiger partial charge in [-0.3, -0.25) is 4.79 Å². The van der Waals surface area contributed by atoms with E-state index in [2.05, 4.69) is 0 Å². The summed E-state index contributed by atoms with van der Waals surface area (Å²) in [7, 11) is -1.74. The molecule has 6 nitrogen and oxygen atoms in total. The Hall–Kier alpha value is -0.660. The van der Waals surface area contributed by atoms with E-state index in [-0.39, 0.29) is 17.8 Å². The summed E-state index contributed by atoms with van der Waals surface area (Å²) in [6.07, 6.45) is 2.19. The highest BCUT2D eigenvalue weighted by Gasteiger charge is 2.31. The highest BCUT2D eigenvalue weighted by molar-refractivity contribution is 7.89. The number of carbonyl (C=O) groups excluding carboxylic acids is 1. The summed E-state index contributed by atoms with van der Waals surface area (Å²) in [4.78, 5) is 13.2. The normalized spacial score (nSPS) is 27.8. The molecule has 0 saturated carbocycles. The summed E-state index contributed by atoms with van der Waals surface area (Å²) in [5.41, 5.74) is 0. The van der Waals surface area contributed by atoms with E-state index < -0.39 is 10.0 Å². The molecule has 0 bridgehead atoms. The van der Waals surface area contributed by atoms with Crippen molar-refractivity contribution in [3.8, 4) is 0 Å². The van der Waals surface area contributed by atoms with Gasteiger partial charge in [-0.2, -0.15) is 0 Å². The molecule has 2 fully saturated rings. The zero-order chi connectivity index (χ0) is 14.8. The highest BCUT2D eigenvalue weighted by atomic mass is 32.2. The first kappa shape index (κ1) is 15.7. The Morgan fingerprint density at radius 3 is 2.75 bits per heavy atom. The van der Waals surface area contributed by atoms with Crippen molar-refractivity contribution in [3.05, 3.63) is 0 Å². The Morgan fingerprint density at radius 2 is 2.20 bits per heavy atom. The molecule has 2 rings (SSSR count). The zero-order valence-electron chi connectivity index (χ0n) is 12.2. The van der Waals surface area contributed by atoms with Gasteiger partial charge >= 0.3 is 0 Å². The predicted octanol–water partition coefficient (Wildman–Crippen LogP) is 0.295. The molecule has 0 aliphatic carbocycles. The van der Waals surface area contributed by atoms with Crippen LogP contribution in [0, 0.1) is 5.92 Å². The van der Waals surface area contributed by atoms with E-state index >= 15 is 0 Å². The van der Waals surface area contributed by atoms with Crippen LogP contribution in [-0.4, -0.2) is 68.7 Å². The molecule has 0 unspecified atom stereocenters. The SMILES string of the molecule is C[C@@H]1CCO[C@@H]1CS(=O)(=O)N(C)CCN1CCCC1=O. The maximum absolute atomic E-state index is 12.3. The highest BCUT2D eigenvalue weighted by Crippen LogP contribution is 2.22. The van der Waals surface area contributed by atoms with Crippen LogP contribution in [0.15, 0.2) is 0 Å². The van der Waals surface area contributed by atoms with Crippen LogP contribution in [-0.2, 0) is 19.6 Å². The van der Waals surface area contributed by atoms with Crippen LogP contribution in [0.3, 0.4) is 0 Å².